The van der Waals surface area contributed by atoms with Gasteiger partial charge in [0, 0.05) is 24.4 Å². The monoisotopic (exact) mass is 288 g/mol. The summed E-state index contributed by atoms with van der Waals surface area (Å²) in [6, 6.07) is 10.4. The lowest BCUT2D eigenvalue weighted by Gasteiger charge is -2.19. The maximum atomic E-state index is 6.12. The second-order valence-corrected chi connectivity index (χ2v) is 5.95. The number of alkyl halides is 1. The van der Waals surface area contributed by atoms with E-state index >= 15 is 0 Å². The maximum absolute atomic E-state index is 6.12. The summed E-state index contributed by atoms with van der Waals surface area (Å²) in [4.78, 5) is 7.25. The van der Waals surface area contributed by atoms with Crippen molar-refractivity contribution < 1.29 is 0 Å². The molecule has 1 atom stereocenters. The number of pyridine rings is 1. The second-order valence-electron chi connectivity index (χ2n) is 5.68. The molecule has 106 valence electrons. The lowest BCUT2D eigenvalue weighted by atomic mass is 10.0. The van der Waals surface area contributed by atoms with Crippen LogP contribution in [0, 0.1) is 5.92 Å². The number of nitrogens with zero attached hydrogens (tertiary/aromatic N) is 2. The summed E-state index contributed by atoms with van der Waals surface area (Å²) in [6.07, 6.45) is 3.89. The Balaban J connectivity index is 1.92. The van der Waals surface area contributed by atoms with Crippen LogP contribution in [0.3, 0.4) is 0 Å². The molecule has 0 amide bonds. The third-order valence-electron chi connectivity index (χ3n) is 4.24. The molecule has 0 saturated carbocycles. The molecule has 2 aromatic rings. The van der Waals surface area contributed by atoms with Gasteiger partial charge in [-0.25, -0.2) is 4.98 Å². The van der Waals surface area contributed by atoms with Crippen molar-refractivity contribution >= 4 is 28.3 Å². The fourth-order valence-corrected chi connectivity index (χ4v) is 3.41. The van der Waals surface area contributed by atoms with E-state index < -0.39 is 0 Å². The predicted octanol–water partition coefficient (Wildman–Crippen LogP) is 4.60. The van der Waals surface area contributed by atoms with Crippen molar-refractivity contribution in [3.05, 3.63) is 35.9 Å². The largest absolute Gasteiger partial charge is 0.356 e. The summed E-state index contributed by atoms with van der Waals surface area (Å²) < 4.78 is 0. The molecule has 1 aromatic heterocycles. The zero-order valence-corrected chi connectivity index (χ0v) is 12.7. The van der Waals surface area contributed by atoms with Gasteiger partial charge in [0.1, 0.15) is 5.82 Å². The summed E-state index contributed by atoms with van der Waals surface area (Å²) in [5.74, 6) is 2.47. The summed E-state index contributed by atoms with van der Waals surface area (Å²) in [7, 11) is 0. The summed E-state index contributed by atoms with van der Waals surface area (Å²) in [6.45, 7) is 4.53. The number of aromatic nitrogens is 1. The Morgan fingerprint density at radius 3 is 3.00 bits per heavy atom. The van der Waals surface area contributed by atoms with Crippen molar-refractivity contribution in [3.8, 4) is 0 Å². The SMILES string of the molecule is CCCC1CCN(c2cc(CCl)c3ccccc3n2)C1. The average Bonchev–Trinajstić information content (AvgIpc) is 2.95. The number of para-hydroxylation sites is 1. The molecule has 0 aliphatic carbocycles. The van der Waals surface area contributed by atoms with Crippen molar-refractivity contribution in [3.63, 3.8) is 0 Å². The van der Waals surface area contributed by atoms with Crippen LogP contribution in [0.1, 0.15) is 31.7 Å². The van der Waals surface area contributed by atoms with Gasteiger partial charge in [0.05, 0.1) is 5.52 Å². The van der Waals surface area contributed by atoms with Gasteiger partial charge < -0.3 is 4.90 Å². The third-order valence-corrected chi connectivity index (χ3v) is 4.53. The van der Waals surface area contributed by atoms with E-state index in [1.807, 2.05) is 12.1 Å². The molecule has 0 bridgehead atoms. The molecule has 3 rings (SSSR count). The van der Waals surface area contributed by atoms with Gasteiger partial charge in [-0.15, -0.1) is 11.6 Å². The number of anilines is 1. The molecule has 1 unspecified atom stereocenters. The van der Waals surface area contributed by atoms with Gasteiger partial charge in [-0.2, -0.15) is 0 Å². The Morgan fingerprint density at radius 1 is 1.35 bits per heavy atom. The number of rotatable bonds is 4. The van der Waals surface area contributed by atoms with Crippen LogP contribution in [0.15, 0.2) is 30.3 Å². The van der Waals surface area contributed by atoms with Crippen molar-refractivity contribution in [2.24, 2.45) is 5.92 Å². The van der Waals surface area contributed by atoms with Gasteiger partial charge >= 0.3 is 0 Å². The predicted molar refractivity (Wildman–Crippen MR) is 86.5 cm³/mol. The fourth-order valence-electron chi connectivity index (χ4n) is 3.19. The van der Waals surface area contributed by atoms with Crippen LogP contribution in [-0.2, 0) is 5.88 Å². The topological polar surface area (TPSA) is 16.1 Å². The lowest BCUT2D eigenvalue weighted by molar-refractivity contribution is 0.529. The van der Waals surface area contributed by atoms with Crippen LogP contribution in [0.2, 0.25) is 0 Å². The molecule has 2 nitrogen and oxygen atoms in total. The van der Waals surface area contributed by atoms with E-state index in [1.165, 1.54) is 30.2 Å². The summed E-state index contributed by atoms with van der Waals surface area (Å²) >= 11 is 6.12. The Bertz CT molecular complexity index is 597. The van der Waals surface area contributed by atoms with Crippen LogP contribution >= 0.6 is 11.6 Å². The number of hydrogen-bond donors (Lipinski definition) is 0. The molecule has 0 N–H and O–H groups in total. The van der Waals surface area contributed by atoms with Crippen molar-refractivity contribution in [1.29, 1.82) is 0 Å². The molecule has 0 radical (unpaired) electrons. The van der Waals surface area contributed by atoms with E-state index in [2.05, 4.69) is 30.0 Å². The van der Waals surface area contributed by atoms with Gasteiger partial charge in [-0.05, 0) is 36.5 Å². The average molecular weight is 289 g/mol. The van der Waals surface area contributed by atoms with Crippen molar-refractivity contribution in [2.75, 3.05) is 18.0 Å². The molecule has 0 spiro atoms. The van der Waals surface area contributed by atoms with Crippen molar-refractivity contribution in [1.82, 2.24) is 4.98 Å². The molecular formula is C17H21ClN2. The van der Waals surface area contributed by atoms with Crippen LogP contribution < -0.4 is 4.90 Å². The Kier molecular flexibility index (Phi) is 4.11. The highest BCUT2D eigenvalue weighted by Crippen LogP contribution is 2.29. The third kappa shape index (κ3) is 2.62. The normalized spacial score (nSPS) is 18.9. The minimum Gasteiger partial charge on any atom is -0.356 e. The molecule has 1 saturated heterocycles. The highest BCUT2D eigenvalue weighted by atomic mass is 35.5. The van der Waals surface area contributed by atoms with Gasteiger partial charge in [0.25, 0.3) is 0 Å². The van der Waals surface area contributed by atoms with Crippen LogP contribution in [0.5, 0.6) is 0 Å². The van der Waals surface area contributed by atoms with E-state index in [0.29, 0.717) is 5.88 Å². The van der Waals surface area contributed by atoms with Gasteiger partial charge in [0.2, 0.25) is 0 Å². The maximum Gasteiger partial charge on any atom is 0.129 e. The smallest absolute Gasteiger partial charge is 0.129 e. The van der Waals surface area contributed by atoms with Crippen LogP contribution in [0.25, 0.3) is 10.9 Å². The number of halogens is 1. The van der Waals surface area contributed by atoms with Crippen LogP contribution in [0.4, 0.5) is 5.82 Å². The first-order chi connectivity index (χ1) is 9.81. The number of fused-ring (bicyclic) bond motifs is 1. The fraction of sp³-hybridized carbons (Fsp3) is 0.471. The molecule has 1 aliphatic heterocycles. The van der Waals surface area contributed by atoms with E-state index in [9.17, 15) is 0 Å². The van der Waals surface area contributed by atoms with E-state index in [4.69, 9.17) is 16.6 Å². The number of benzene rings is 1. The van der Waals surface area contributed by atoms with Crippen LogP contribution in [-0.4, -0.2) is 18.1 Å². The molecule has 1 aromatic carbocycles. The number of hydrogen-bond acceptors (Lipinski definition) is 2. The molecule has 1 aliphatic rings. The van der Waals surface area contributed by atoms with Gasteiger partial charge in [-0.3, -0.25) is 0 Å². The molecule has 20 heavy (non-hydrogen) atoms. The molecule has 2 heterocycles. The Labute approximate surface area is 125 Å². The Hall–Kier alpha value is -1.28. The first-order valence-corrected chi connectivity index (χ1v) is 8.05. The van der Waals surface area contributed by atoms with E-state index in [-0.39, 0.29) is 0 Å². The zero-order chi connectivity index (χ0) is 13.9. The highest BCUT2D eigenvalue weighted by Gasteiger charge is 2.23. The quantitative estimate of drug-likeness (QED) is 0.764. The minimum atomic E-state index is 0.544. The minimum absolute atomic E-state index is 0.544. The van der Waals surface area contributed by atoms with Gasteiger partial charge in [-0.1, -0.05) is 31.5 Å². The first kappa shape index (κ1) is 13.7. The summed E-state index contributed by atoms with van der Waals surface area (Å²) in [5.41, 5.74) is 2.24. The Morgan fingerprint density at radius 2 is 2.20 bits per heavy atom. The zero-order valence-electron chi connectivity index (χ0n) is 12.0. The van der Waals surface area contributed by atoms with E-state index in [1.54, 1.807) is 0 Å². The molecule has 1 fully saturated rings. The highest BCUT2D eigenvalue weighted by molar-refractivity contribution is 6.18. The summed E-state index contributed by atoms with van der Waals surface area (Å²) in [5, 5.41) is 1.18. The standard InChI is InChI=1S/C17H21ClN2/c1-2-5-13-8-9-20(12-13)17-10-14(11-18)15-6-3-4-7-16(15)19-17/h3-4,6-7,10,13H,2,5,8-9,11-12H2,1H3. The molecule has 3 heteroatoms. The van der Waals surface area contributed by atoms with Crippen molar-refractivity contribution in [2.45, 2.75) is 32.1 Å². The molecular weight excluding hydrogens is 268 g/mol. The lowest BCUT2D eigenvalue weighted by Crippen LogP contribution is -2.21. The second kappa shape index (κ2) is 6.01. The first-order valence-electron chi connectivity index (χ1n) is 7.51. The van der Waals surface area contributed by atoms with E-state index in [0.717, 1.165) is 30.3 Å². The van der Waals surface area contributed by atoms with Gasteiger partial charge in [0.15, 0.2) is 0 Å².